The van der Waals surface area contributed by atoms with Crippen molar-refractivity contribution in [1.29, 1.82) is 0 Å². The van der Waals surface area contributed by atoms with Gasteiger partial charge in [-0.25, -0.2) is 9.78 Å². The Kier molecular flexibility index (Phi) is 2.23. The van der Waals surface area contributed by atoms with Crippen LogP contribution in [0.15, 0.2) is 47.4 Å². The van der Waals surface area contributed by atoms with Crippen molar-refractivity contribution in [2.45, 2.75) is 0 Å². The molecule has 1 N–H and O–H groups in total. The number of aromatic nitrogens is 3. The standard InChI is InChI=1S/C12H8ClN3O/c13-11-6-10-9(7-14-11)15-12(17)16(10)8-4-2-1-3-5-8/h1-7H,(H,15,17). The molecule has 2 heterocycles. The lowest BCUT2D eigenvalue weighted by Crippen LogP contribution is -2.14. The molecule has 0 amide bonds. The normalized spacial score (nSPS) is 10.9. The van der Waals surface area contributed by atoms with Gasteiger partial charge in [-0.3, -0.25) is 4.57 Å². The SMILES string of the molecule is O=c1[nH]c2cnc(Cl)cc2n1-c1ccccc1. The molecule has 0 atom stereocenters. The fourth-order valence-corrected chi connectivity index (χ4v) is 1.97. The van der Waals surface area contributed by atoms with E-state index in [-0.39, 0.29) is 5.69 Å². The van der Waals surface area contributed by atoms with Crippen LogP contribution < -0.4 is 5.69 Å². The minimum atomic E-state index is -0.199. The Bertz CT molecular complexity index is 730. The number of para-hydroxylation sites is 1. The number of nitrogens with zero attached hydrogens (tertiary/aromatic N) is 2. The summed E-state index contributed by atoms with van der Waals surface area (Å²) in [6.45, 7) is 0. The molecule has 0 unspecified atom stereocenters. The molecule has 0 aliphatic carbocycles. The summed E-state index contributed by atoms with van der Waals surface area (Å²) in [5.74, 6) is 0. The Labute approximate surface area is 101 Å². The van der Waals surface area contributed by atoms with Crippen LogP contribution >= 0.6 is 11.6 Å². The summed E-state index contributed by atoms with van der Waals surface area (Å²) in [6, 6.07) is 11.1. The number of H-pyrrole nitrogens is 1. The minimum Gasteiger partial charge on any atom is -0.304 e. The summed E-state index contributed by atoms with van der Waals surface area (Å²) in [4.78, 5) is 18.6. The predicted molar refractivity (Wildman–Crippen MR) is 66.7 cm³/mol. The van der Waals surface area contributed by atoms with Gasteiger partial charge in [-0.1, -0.05) is 29.8 Å². The number of rotatable bonds is 1. The van der Waals surface area contributed by atoms with Crippen molar-refractivity contribution in [1.82, 2.24) is 14.5 Å². The van der Waals surface area contributed by atoms with Gasteiger partial charge in [-0.05, 0) is 12.1 Å². The number of imidazole rings is 1. The second-order valence-electron chi connectivity index (χ2n) is 3.63. The lowest BCUT2D eigenvalue weighted by atomic mass is 10.3. The molecule has 3 rings (SSSR count). The van der Waals surface area contributed by atoms with E-state index in [2.05, 4.69) is 9.97 Å². The topological polar surface area (TPSA) is 50.7 Å². The van der Waals surface area contributed by atoms with Crippen LogP contribution in [0.5, 0.6) is 0 Å². The van der Waals surface area contributed by atoms with Crippen molar-refractivity contribution in [2.24, 2.45) is 0 Å². The zero-order chi connectivity index (χ0) is 11.8. The van der Waals surface area contributed by atoms with Gasteiger partial charge in [-0.2, -0.15) is 0 Å². The van der Waals surface area contributed by atoms with Gasteiger partial charge in [0, 0.05) is 6.07 Å². The van der Waals surface area contributed by atoms with Crippen LogP contribution in [-0.4, -0.2) is 14.5 Å². The minimum absolute atomic E-state index is 0.199. The van der Waals surface area contributed by atoms with E-state index >= 15 is 0 Å². The number of nitrogens with one attached hydrogen (secondary N) is 1. The highest BCUT2D eigenvalue weighted by atomic mass is 35.5. The van der Waals surface area contributed by atoms with E-state index in [4.69, 9.17) is 11.6 Å². The highest BCUT2D eigenvalue weighted by Crippen LogP contribution is 2.17. The Morgan fingerprint density at radius 1 is 1.24 bits per heavy atom. The molecule has 0 fully saturated rings. The number of pyridine rings is 1. The van der Waals surface area contributed by atoms with Crippen molar-refractivity contribution >= 4 is 22.6 Å². The van der Waals surface area contributed by atoms with E-state index in [0.29, 0.717) is 10.7 Å². The molecule has 0 spiro atoms. The quantitative estimate of drug-likeness (QED) is 0.669. The molecule has 2 aromatic heterocycles. The first-order valence-electron chi connectivity index (χ1n) is 5.07. The molecular weight excluding hydrogens is 238 g/mol. The molecule has 5 heteroatoms. The van der Waals surface area contributed by atoms with Gasteiger partial charge in [0.05, 0.1) is 22.9 Å². The maximum atomic E-state index is 11.9. The summed E-state index contributed by atoms with van der Waals surface area (Å²) in [6.07, 6.45) is 1.55. The molecule has 1 aromatic carbocycles. The second kappa shape index (κ2) is 3.75. The monoisotopic (exact) mass is 245 g/mol. The summed E-state index contributed by atoms with van der Waals surface area (Å²) in [7, 11) is 0. The molecule has 17 heavy (non-hydrogen) atoms. The van der Waals surface area contributed by atoms with Crippen molar-refractivity contribution in [3.8, 4) is 5.69 Å². The molecule has 0 saturated heterocycles. The first-order valence-corrected chi connectivity index (χ1v) is 5.45. The van der Waals surface area contributed by atoms with Gasteiger partial charge in [0.1, 0.15) is 5.15 Å². The molecule has 4 nitrogen and oxygen atoms in total. The highest BCUT2D eigenvalue weighted by Gasteiger charge is 2.08. The predicted octanol–water partition coefficient (Wildman–Crippen LogP) is 2.37. The lowest BCUT2D eigenvalue weighted by molar-refractivity contribution is 1.02. The fourth-order valence-electron chi connectivity index (χ4n) is 1.82. The average molecular weight is 246 g/mol. The molecule has 84 valence electrons. The largest absolute Gasteiger partial charge is 0.331 e. The van der Waals surface area contributed by atoms with E-state index < -0.39 is 0 Å². The molecule has 0 saturated carbocycles. The highest BCUT2D eigenvalue weighted by molar-refractivity contribution is 6.29. The molecule has 0 aliphatic rings. The van der Waals surface area contributed by atoms with Gasteiger partial charge < -0.3 is 4.98 Å². The van der Waals surface area contributed by atoms with E-state index in [1.165, 1.54) is 0 Å². The van der Waals surface area contributed by atoms with Crippen molar-refractivity contribution in [3.63, 3.8) is 0 Å². The van der Waals surface area contributed by atoms with Crippen LogP contribution in [0.2, 0.25) is 5.15 Å². The number of aromatic amines is 1. The summed E-state index contributed by atoms with van der Waals surface area (Å²) in [5.41, 5.74) is 1.99. The number of benzene rings is 1. The van der Waals surface area contributed by atoms with Crippen LogP contribution in [-0.2, 0) is 0 Å². The Morgan fingerprint density at radius 2 is 2.00 bits per heavy atom. The third-order valence-corrected chi connectivity index (χ3v) is 2.76. The van der Waals surface area contributed by atoms with Crippen molar-refractivity contribution < 1.29 is 0 Å². The van der Waals surface area contributed by atoms with E-state index in [1.54, 1.807) is 16.8 Å². The van der Waals surface area contributed by atoms with Crippen LogP contribution in [0.25, 0.3) is 16.7 Å². The number of hydrogen-bond donors (Lipinski definition) is 1. The third kappa shape index (κ3) is 1.62. The number of halogens is 1. The number of hydrogen-bond acceptors (Lipinski definition) is 2. The Balaban J connectivity index is 2.40. The summed E-state index contributed by atoms with van der Waals surface area (Å²) < 4.78 is 1.57. The van der Waals surface area contributed by atoms with Crippen molar-refractivity contribution in [2.75, 3.05) is 0 Å². The zero-order valence-corrected chi connectivity index (χ0v) is 9.48. The number of fused-ring (bicyclic) bond motifs is 1. The van der Waals surface area contributed by atoms with Crippen LogP contribution in [0, 0.1) is 0 Å². The van der Waals surface area contributed by atoms with Gasteiger partial charge in [0.25, 0.3) is 0 Å². The maximum Gasteiger partial charge on any atom is 0.331 e. The second-order valence-corrected chi connectivity index (χ2v) is 4.01. The van der Waals surface area contributed by atoms with E-state index in [1.807, 2.05) is 30.3 Å². The maximum absolute atomic E-state index is 11.9. The van der Waals surface area contributed by atoms with Gasteiger partial charge >= 0.3 is 5.69 Å². The third-order valence-electron chi connectivity index (χ3n) is 2.55. The smallest absolute Gasteiger partial charge is 0.304 e. The Hall–Kier alpha value is -2.07. The van der Waals surface area contributed by atoms with Gasteiger partial charge in [0.2, 0.25) is 0 Å². The van der Waals surface area contributed by atoms with E-state index in [9.17, 15) is 4.79 Å². The molecule has 0 bridgehead atoms. The fraction of sp³-hybridized carbons (Fsp3) is 0. The molecule has 0 radical (unpaired) electrons. The van der Waals surface area contributed by atoms with Crippen LogP contribution in [0.4, 0.5) is 0 Å². The molecular formula is C12H8ClN3O. The summed E-state index contributed by atoms with van der Waals surface area (Å²) >= 11 is 5.85. The van der Waals surface area contributed by atoms with E-state index in [0.717, 1.165) is 11.2 Å². The van der Waals surface area contributed by atoms with Gasteiger partial charge in [-0.15, -0.1) is 0 Å². The van der Waals surface area contributed by atoms with Crippen LogP contribution in [0.3, 0.4) is 0 Å². The molecule has 3 aromatic rings. The van der Waals surface area contributed by atoms with Gasteiger partial charge in [0.15, 0.2) is 0 Å². The summed E-state index contributed by atoms with van der Waals surface area (Å²) in [5, 5.41) is 0.362. The zero-order valence-electron chi connectivity index (χ0n) is 8.72. The average Bonchev–Trinajstić information content (AvgIpc) is 2.65. The first-order chi connectivity index (χ1) is 8.25. The lowest BCUT2D eigenvalue weighted by Gasteiger charge is -2.02. The van der Waals surface area contributed by atoms with Crippen molar-refractivity contribution in [3.05, 3.63) is 58.2 Å². The molecule has 0 aliphatic heterocycles. The Morgan fingerprint density at radius 3 is 2.76 bits per heavy atom. The van der Waals surface area contributed by atoms with Crippen LogP contribution in [0.1, 0.15) is 0 Å². The first kappa shape index (κ1) is 10.1.